The molecular weight excluding hydrogens is 226 g/mol. The van der Waals surface area contributed by atoms with Gasteiger partial charge in [-0.15, -0.1) is 0 Å². The van der Waals surface area contributed by atoms with E-state index in [4.69, 9.17) is 0 Å². The largest absolute Gasteiger partial charge is 0.382 e. The Bertz CT molecular complexity index is 483. The van der Waals surface area contributed by atoms with Crippen molar-refractivity contribution in [1.82, 2.24) is 9.55 Å². The molecule has 0 aromatic carbocycles. The lowest BCUT2D eigenvalue weighted by Crippen LogP contribution is -2.34. The van der Waals surface area contributed by atoms with E-state index in [1.165, 1.54) is 18.0 Å². The molecular formula is C10H13N3O2S. The molecule has 0 fully saturated rings. The van der Waals surface area contributed by atoms with Crippen LogP contribution in [-0.2, 0) is 11.3 Å². The molecule has 6 heteroatoms. The molecule has 2 heterocycles. The molecule has 0 radical (unpaired) electrons. The van der Waals surface area contributed by atoms with Crippen molar-refractivity contribution in [2.24, 2.45) is 5.92 Å². The molecule has 0 amide bonds. The van der Waals surface area contributed by atoms with Gasteiger partial charge in [0.25, 0.3) is 5.56 Å². The summed E-state index contributed by atoms with van der Waals surface area (Å²) < 4.78 is 1.58. The van der Waals surface area contributed by atoms with E-state index in [9.17, 15) is 9.59 Å². The molecule has 1 atom stereocenters. The average Bonchev–Trinajstić information content (AvgIpc) is 2.29. The third kappa shape index (κ3) is 1.84. The van der Waals surface area contributed by atoms with Crippen LogP contribution in [0.5, 0.6) is 0 Å². The van der Waals surface area contributed by atoms with Crippen LogP contribution in [0.3, 0.4) is 0 Å². The van der Waals surface area contributed by atoms with Gasteiger partial charge in [-0.25, -0.2) is 4.98 Å². The average molecular weight is 239 g/mol. The van der Waals surface area contributed by atoms with Crippen molar-refractivity contribution in [2.75, 3.05) is 18.1 Å². The maximum atomic E-state index is 11.9. The molecule has 0 saturated heterocycles. The summed E-state index contributed by atoms with van der Waals surface area (Å²) in [4.78, 5) is 27.5. The summed E-state index contributed by atoms with van der Waals surface area (Å²) in [6.07, 6.45) is 1.54. The topological polar surface area (TPSA) is 64.0 Å². The van der Waals surface area contributed by atoms with Crippen molar-refractivity contribution in [3.8, 4) is 0 Å². The van der Waals surface area contributed by atoms with Crippen LogP contribution in [0.2, 0.25) is 0 Å². The lowest BCUT2D eigenvalue weighted by molar-refractivity contribution is -0.120. The monoisotopic (exact) mass is 239 g/mol. The minimum absolute atomic E-state index is 0.0795. The van der Waals surface area contributed by atoms with Gasteiger partial charge in [0.05, 0.1) is 6.20 Å². The summed E-state index contributed by atoms with van der Waals surface area (Å²) in [5.74, 6) is 0.754. The minimum Gasteiger partial charge on any atom is -0.382 e. The van der Waals surface area contributed by atoms with Crippen LogP contribution in [0.1, 0.15) is 6.92 Å². The first kappa shape index (κ1) is 11.2. The molecule has 2 rings (SSSR count). The maximum Gasteiger partial charge on any atom is 0.277 e. The van der Waals surface area contributed by atoms with E-state index in [0.29, 0.717) is 23.1 Å². The van der Waals surface area contributed by atoms with Gasteiger partial charge in [0, 0.05) is 25.3 Å². The molecule has 1 aliphatic heterocycles. The van der Waals surface area contributed by atoms with Gasteiger partial charge < -0.3 is 5.32 Å². The van der Waals surface area contributed by atoms with Crippen molar-refractivity contribution >= 4 is 23.2 Å². The highest BCUT2D eigenvalue weighted by Gasteiger charge is 2.24. The van der Waals surface area contributed by atoms with Gasteiger partial charge in [0.2, 0.25) is 0 Å². The number of hydrogen-bond donors (Lipinski definition) is 1. The number of carbonyl (C=O) groups is 1. The maximum absolute atomic E-state index is 11.9. The van der Waals surface area contributed by atoms with Crippen LogP contribution in [0.4, 0.5) is 5.69 Å². The summed E-state index contributed by atoms with van der Waals surface area (Å²) in [6.45, 7) is 2.01. The van der Waals surface area contributed by atoms with Gasteiger partial charge in [0.15, 0.2) is 5.16 Å². The summed E-state index contributed by atoms with van der Waals surface area (Å²) in [5.41, 5.74) is 0.361. The smallest absolute Gasteiger partial charge is 0.277 e. The zero-order chi connectivity index (χ0) is 11.7. The minimum atomic E-state index is -0.106. The van der Waals surface area contributed by atoms with Crippen LogP contribution < -0.4 is 10.9 Å². The van der Waals surface area contributed by atoms with Crippen molar-refractivity contribution in [1.29, 1.82) is 0 Å². The Kier molecular flexibility index (Phi) is 3.00. The predicted molar refractivity (Wildman–Crippen MR) is 62.9 cm³/mol. The highest BCUT2D eigenvalue weighted by atomic mass is 32.2. The molecule has 1 unspecified atom stereocenters. The number of nitrogens with one attached hydrogen (secondary N) is 1. The number of nitrogens with zero attached hydrogens (tertiary/aromatic N) is 2. The van der Waals surface area contributed by atoms with Gasteiger partial charge in [0.1, 0.15) is 11.5 Å². The van der Waals surface area contributed by atoms with Gasteiger partial charge in [-0.05, 0) is 6.92 Å². The van der Waals surface area contributed by atoms with E-state index in [1.54, 1.807) is 18.5 Å². The van der Waals surface area contributed by atoms with E-state index >= 15 is 0 Å². The fourth-order valence-electron chi connectivity index (χ4n) is 1.62. The molecule has 1 aliphatic rings. The molecule has 0 saturated carbocycles. The van der Waals surface area contributed by atoms with Crippen LogP contribution in [0.15, 0.2) is 16.1 Å². The second kappa shape index (κ2) is 4.29. The highest BCUT2D eigenvalue weighted by molar-refractivity contribution is 7.99. The molecule has 5 nitrogen and oxygen atoms in total. The molecule has 0 spiro atoms. The fourth-order valence-corrected chi connectivity index (χ4v) is 2.75. The molecule has 1 N–H and O–H groups in total. The number of Topliss-reactive ketones (excluding diaryl/α,β-unsaturated/α-hetero) is 1. The number of fused-ring (bicyclic) bond motifs is 1. The fraction of sp³-hybridized carbons (Fsp3) is 0.500. The summed E-state index contributed by atoms with van der Waals surface area (Å²) in [6, 6.07) is 0. The van der Waals surface area contributed by atoms with E-state index in [2.05, 4.69) is 10.3 Å². The number of rotatable bonds is 2. The van der Waals surface area contributed by atoms with E-state index in [1.807, 2.05) is 0 Å². The first-order valence-corrected chi connectivity index (χ1v) is 6.03. The second-order valence-electron chi connectivity index (χ2n) is 3.74. The quantitative estimate of drug-likeness (QED) is 0.765. The Morgan fingerprint density at radius 3 is 3.06 bits per heavy atom. The van der Waals surface area contributed by atoms with Crippen LogP contribution in [0, 0.1) is 5.92 Å². The third-order valence-electron chi connectivity index (χ3n) is 2.67. The number of anilines is 1. The second-order valence-corrected chi connectivity index (χ2v) is 4.73. The number of ketones is 1. The van der Waals surface area contributed by atoms with Crippen molar-refractivity contribution in [3.05, 3.63) is 16.6 Å². The first-order valence-electron chi connectivity index (χ1n) is 5.04. The third-order valence-corrected chi connectivity index (χ3v) is 3.82. The van der Waals surface area contributed by atoms with Gasteiger partial charge in [-0.1, -0.05) is 11.8 Å². The normalized spacial score (nSPS) is 19.0. The van der Waals surface area contributed by atoms with E-state index in [0.717, 1.165) is 0 Å². The Morgan fingerprint density at radius 2 is 2.44 bits per heavy atom. The number of thioether (sulfide) groups is 1. The standard InChI is InChI=1S/C10H13N3O2S/c1-6(14)7-4-13-9(15)8(11-2)3-12-10(13)16-5-7/h3,7,11H,4-5H2,1-2H3. The van der Waals surface area contributed by atoms with E-state index < -0.39 is 0 Å². The first-order chi connectivity index (χ1) is 7.63. The Balaban J connectivity index is 2.43. The molecule has 0 bridgehead atoms. The number of hydrogen-bond acceptors (Lipinski definition) is 5. The Hall–Kier alpha value is -1.30. The highest BCUT2D eigenvalue weighted by Crippen LogP contribution is 2.25. The van der Waals surface area contributed by atoms with Gasteiger partial charge >= 0.3 is 0 Å². The number of aromatic nitrogens is 2. The summed E-state index contributed by atoms with van der Waals surface area (Å²) in [5, 5.41) is 3.50. The molecule has 0 aliphatic carbocycles. The lowest BCUT2D eigenvalue weighted by Gasteiger charge is -2.23. The van der Waals surface area contributed by atoms with Gasteiger partial charge in [-0.3, -0.25) is 14.2 Å². The van der Waals surface area contributed by atoms with Gasteiger partial charge in [-0.2, -0.15) is 0 Å². The Labute approximate surface area is 97.3 Å². The summed E-state index contributed by atoms with van der Waals surface area (Å²) >= 11 is 1.46. The lowest BCUT2D eigenvalue weighted by atomic mass is 10.1. The molecule has 86 valence electrons. The van der Waals surface area contributed by atoms with Crippen molar-refractivity contribution in [3.63, 3.8) is 0 Å². The van der Waals surface area contributed by atoms with Crippen molar-refractivity contribution < 1.29 is 4.79 Å². The Morgan fingerprint density at radius 1 is 1.69 bits per heavy atom. The van der Waals surface area contributed by atoms with Crippen LogP contribution in [0.25, 0.3) is 0 Å². The van der Waals surface area contributed by atoms with Crippen LogP contribution in [-0.4, -0.2) is 28.1 Å². The molecule has 1 aromatic rings. The van der Waals surface area contributed by atoms with Crippen LogP contribution >= 0.6 is 11.8 Å². The zero-order valence-corrected chi connectivity index (χ0v) is 10.0. The zero-order valence-electron chi connectivity index (χ0n) is 9.19. The SMILES string of the molecule is CNc1cnc2n(c1=O)CC(C(C)=O)CS2. The predicted octanol–water partition coefficient (Wildman–Crippen LogP) is 0.596. The molecule has 16 heavy (non-hydrogen) atoms. The number of carbonyl (C=O) groups excluding carboxylic acids is 1. The van der Waals surface area contributed by atoms with Crippen molar-refractivity contribution in [2.45, 2.75) is 18.6 Å². The molecule has 1 aromatic heterocycles. The summed E-state index contributed by atoms with van der Waals surface area (Å²) in [7, 11) is 1.68. The van der Waals surface area contributed by atoms with E-state index in [-0.39, 0.29) is 17.3 Å².